The number of amides is 1. The van der Waals surface area contributed by atoms with E-state index in [4.69, 9.17) is 0 Å². The van der Waals surface area contributed by atoms with Crippen molar-refractivity contribution in [2.45, 2.75) is 45.1 Å². The molecule has 0 aromatic carbocycles. The van der Waals surface area contributed by atoms with Crippen LogP contribution in [0.25, 0.3) is 0 Å². The molecule has 1 aliphatic carbocycles. The molecule has 1 fully saturated rings. The number of aromatic nitrogens is 1. The van der Waals surface area contributed by atoms with E-state index in [1.54, 1.807) is 13.1 Å². The number of carbonyl (C=O) groups excluding carboxylic acids is 1. The third-order valence-electron chi connectivity index (χ3n) is 3.72. The van der Waals surface area contributed by atoms with Gasteiger partial charge in [-0.25, -0.2) is 4.98 Å². The van der Waals surface area contributed by atoms with Gasteiger partial charge in [-0.2, -0.15) is 0 Å². The Balaban J connectivity index is 0.00000264. The van der Waals surface area contributed by atoms with E-state index < -0.39 is 0 Å². The quantitative estimate of drug-likeness (QED) is 0.380. The van der Waals surface area contributed by atoms with Crippen molar-refractivity contribution in [2.24, 2.45) is 4.99 Å². The largest absolute Gasteiger partial charge is 0.356 e. The molecule has 0 spiro atoms. The Bertz CT molecular complexity index is 529. The van der Waals surface area contributed by atoms with Crippen LogP contribution in [0.4, 0.5) is 5.82 Å². The van der Waals surface area contributed by atoms with Crippen molar-refractivity contribution >= 4 is 41.7 Å². The first-order valence-electron chi connectivity index (χ1n) is 7.88. The topological polar surface area (TPSA) is 78.4 Å². The SMILES string of the molecule is CN=C(NCCC(=O)Nc1cccc(C)n1)NC1CCCC1.I. The molecule has 1 aliphatic rings. The van der Waals surface area contributed by atoms with Crippen molar-refractivity contribution in [2.75, 3.05) is 18.9 Å². The Morgan fingerprint density at radius 3 is 2.74 bits per heavy atom. The highest BCUT2D eigenvalue weighted by molar-refractivity contribution is 14.0. The molecule has 1 amide bonds. The summed E-state index contributed by atoms with van der Waals surface area (Å²) >= 11 is 0. The second-order valence-corrected chi connectivity index (χ2v) is 5.59. The minimum atomic E-state index is -0.0538. The van der Waals surface area contributed by atoms with Gasteiger partial charge in [-0.1, -0.05) is 18.9 Å². The summed E-state index contributed by atoms with van der Waals surface area (Å²) < 4.78 is 0. The number of pyridine rings is 1. The third-order valence-corrected chi connectivity index (χ3v) is 3.72. The number of rotatable bonds is 5. The number of carbonyl (C=O) groups is 1. The van der Waals surface area contributed by atoms with Gasteiger partial charge in [-0.3, -0.25) is 9.79 Å². The van der Waals surface area contributed by atoms with E-state index in [2.05, 4.69) is 25.9 Å². The molecule has 6 nitrogen and oxygen atoms in total. The molecule has 1 aromatic heterocycles. The average Bonchev–Trinajstić information content (AvgIpc) is 2.99. The van der Waals surface area contributed by atoms with E-state index in [0.717, 1.165) is 11.7 Å². The number of aliphatic imine (C=N–C) groups is 1. The van der Waals surface area contributed by atoms with Crippen molar-refractivity contribution in [1.82, 2.24) is 15.6 Å². The summed E-state index contributed by atoms with van der Waals surface area (Å²) in [4.78, 5) is 20.3. The van der Waals surface area contributed by atoms with Gasteiger partial charge in [0, 0.05) is 31.7 Å². The molecule has 3 N–H and O–H groups in total. The first-order valence-corrected chi connectivity index (χ1v) is 7.88. The van der Waals surface area contributed by atoms with Crippen LogP contribution in [0.2, 0.25) is 0 Å². The lowest BCUT2D eigenvalue weighted by molar-refractivity contribution is -0.116. The Labute approximate surface area is 155 Å². The minimum absolute atomic E-state index is 0. The summed E-state index contributed by atoms with van der Waals surface area (Å²) in [6, 6.07) is 6.08. The van der Waals surface area contributed by atoms with Crippen molar-refractivity contribution < 1.29 is 4.79 Å². The molecule has 2 rings (SSSR count). The number of hydrogen-bond donors (Lipinski definition) is 3. The molecule has 1 aromatic rings. The summed E-state index contributed by atoms with van der Waals surface area (Å²) in [5, 5.41) is 9.37. The smallest absolute Gasteiger partial charge is 0.227 e. The fourth-order valence-electron chi connectivity index (χ4n) is 2.57. The second kappa shape index (κ2) is 10.4. The summed E-state index contributed by atoms with van der Waals surface area (Å²) in [6.07, 6.45) is 5.32. The van der Waals surface area contributed by atoms with Gasteiger partial charge in [-0.05, 0) is 31.9 Å². The number of hydrogen-bond acceptors (Lipinski definition) is 3. The van der Waals surface area contributed by atoms with Crippen LogP contribution in [-0.4, -0.2) is 36.5 Å². The van der Waals surface area contributed by atoms with E-state index in [1.807, 2.05) is 19.1 Å². The van der Waals surface area contributed by atoms with Crippen LogP contribution in [0.3, 0.4) is 0 Å². The molecular formula is C16H26IN5O. The summed E-state index contributed by atoms with van der Waals surface area (Å²) in [7, 11) is 1.75. The maximum absolute atomic E-state index is 11.9. The van der Waals surface area contributed by atoms with Crippen molar-refractivity contribution in [3.8, 4) is 0 Å². The number of nitrogens with zero attached hydrogens (tertiary/aromatic N) is 2. The fourth-order valence-corrected chi connectivity index (χ4v) is 2.57. The van der Waals surface area contributed by atoms with E-state index >= 15 is 0 Å². The van der Waals surface area contributed by atoms with Gasteiger partial charge in [0.15, 0.2) is 5.96 Å². The third kappa shape index (κ3) is 7.15. The Morgan fingerprint density at radius 2 is 2.09 bits per heavy atom. The van der Waals surface area contributed by atoms with Crippen molar-refractivity contribution in [3.05, 3.63) is 23.9 Å². The highest BCUT2D eigenvalue weighted by atomic mass is 127. The van der Waals surface area contributed by atoms with Gasteiger partial charge in [0.25, 0.3) is 0 Å². The monoisotopic (exact) mass is 431 g/mol. The minimum Gasteiger partial charge on any atom is -0.356 e. The van der Waals surface area contributed by atoms with E-state index in [9.17, 15) is 4.79 Å². The normalized spacial score (nSPS) is 15.0. The molecule has 1 saturated carbocycles. The van der Waals surface area contributed by atoms with Crippen molar-refractivity contribution in [1.29, 1.82) is 0 Å². The van der Waals surface area contributed by atoms with Crippen LogP contribution in [-0.2, 0) is 4.79 Å². The molecule has 0 unspecified atom stereocenters. The second-order valence-electron chi connectivity index (χ2n) is 5.59. The van der Waals surface area contributed by atoms with Gasteiger partial charge in [-0.15, -0.1) is 24.0 Å². The molecule has 0 atom stereocenters. The number of anilines is 1. The highest BCUT2D eigenvalue weighted by Crippen LogP contribution is 2.17. The lowest BCUT2D eigenvalue weighted by atomic mass is 10.2. The van der Waals surface area contributed by atoms with E-state index in [-0.39, 0.29) is 29.9 Å². The summed E-state index contributed by atoms with van der Waals surface area (Å²) in [5.74, 6) is 1.31. The van der Waals surface area contributed by atoms with Crippen LogP contribution < -0.4 is 16.0 Å². The number of guanidine groups is 1. The molecule has 7 heteroatoms. The van der Waals surface area contributed by atoms with E-state index in [1.165, 1.54) is 25.7 Å². The fraction of sp³-hybridized carbons (Fsp3) is 0.562. The number of aryl methyl sites for hydroxylation is 1. The molecule has 0 radical (unpaired) electrons. The lowest BCUT2D eigenvalue weighted by Gasteiger charge is -2.16. The molecule has 0 saturated heterocycles. The van der Waals surface area contributed by atoms with Gasteiger partial charge in [0.2, 0.25) is 5.91 Å². The first-order chi connectivity index (χ1) is 10.7. The number of nitrogens with one attached hydrogen (secondary N) is 3. The highest BCUT2D eigenvalue weighted by Gasteiger charge is 2.15. The predicted octanol–water partition coefficient (Wildman–Crippen LogP) is 2.44. The molecule has 0 bridgehead atoms. The standard InChI is InChI=1S/C16H25N5O.HI/c1-12-6-5-9-14(19-12)21-15(22)10-11-18-16(17-2)20-13-7-3-4-8-13;/h5-6,9,13H,3-4,7-8,10-11H2,1-2H3,(H2,17,18,20)(H,19,21,22);1H. The lowest BCUT2D eigenvalue weighted by Crippen LogP contribution is -2.43. The molecule has 128 valence electrons. The maximum atomic E-state index is 11.9. The molecule has 1 heterocycles. The molecule has 0 aliphatic heterocycles. The van der Waals surface area contributed by atoms with Crippen LogP contribution in [0.15, 0.2) is 23.2 Å². The zero-order valence-corrected chi connectivity index (χ0v) is 16.1. The van der Waals surface area contributed by atoms with Gasteiger partial charge in [0.1, 0.15) is 5.82 Å². The Kier molecular flexibility index (Phi) is 8.90. The van der Waals surface area contributed by atoms with Crippen LogP contribution >= 0.6 is 24.0 Å². The average molecular weight is 431 g/mol. The summed E-state index contributed by atoms with van der Waals surface area (Å²) in [6.45, 7) is 2.44. The van der Waals surface area contributed by atoms with Crippen molar-refractivity contribution in [3.63, 3.8) is 0 Å². The van der Waals surface area contributed by atoms with Crippen LogP contribution in [0.5, 0.6) is 0 Å². The predicted molar refractivity (Wildman–Crippen MR) is 104 cm³/mol. The summed E-state index contributed by atoms with van der Waals surface area (Å²) in [5.41, 5.74) is 0.886. The first kappa shape index (κ1) is 19.7. The zero-order chi connectivity index (χ0) is 15.8. The van der Waals surface area contributed by atoms with E-state index in [0.29, 0.717) is 24.8 Å². The van der Waals surface area contributed by atoms with Gasteiger partial charge < -0.3 is 16.0 Å². The molecular weight excluding hydrogens is 405 g/mol. The Morgan fingerprint density at radius 1 is 1.35 bits per heavy atom. The zero-order valence-electron chi connectivity index (χ0n) is 13.8. The van der Waals surface area contributed by atoms with Crippen LogP contribution in [0, 0.1) is 6.92 Å². The van der Waals surface area contributed by atoms with Crippen LogP contribution in [0.1, 0.15) is 37.8 Å². The van der Waals surface area contributed by atoms with Gasteiger partial charge in [0.05, 0.1) is 0 Å². The Hall–Kier alpha value is -1.38. The maximum Gasteiger partial charge on any atom is 0.227 e. The molecule has 23 heavy (non-hydrogen) atoms. The number of halogens is 1. The van der Waals surface area contributed by atoms with Gasteiger partial charge >= 0.3 is 0 Å².